The van der Waals surface area contributed by atoms with Gasteiger partial charge in [-0.05, 0) is 35.7 Å². The summed E-state index contributed by atoms with van der Waals surface area (Å²) in [5.74, 6) is 1.89. The van der Waals surface area contributed by atoms with Crippen molar-refractivity contribution in [1.82, 2.24) is 10.3 Å². The highest BCUT2D eigenvalue weighted by atomic mass is 16.5. The van der Waals surface area contributed by atoms with Gasteiger partial charge >= 0.3 is 0 Å². The van der Waals surface area contributed by atoms with Crippen LogP contribution < -0.4 is 15.8 Å². The normalized spacial score (nSPS) is 12.3. The third-order valence-electron chi connectivity index (χ3n) is 4.28. The zero-order valence-electron chi connectivity index (χ0n) is 16.9. The molecule has 0 atom stereocenters. The first-order valence-corrected chi connectivity index (χ1v) is 9.54. The second kappa shape index (κ2) is 9.95. The Kier molecular flexibility index (Phi) is 7.65. The first kappa shape index (κ1) is 20.7. The van der Waals surface area contributed by atoms with E-state index >= 15 is 0 Å². The average molecular weight is 369 g/mol. The third kappa shape index (κ3) is 7.29. The molecule has 2 aromatic rings. The van der Waals surface area contributed by atoms with Crippen molar-refractivity contribution in [2.24, 2.45) is 16.6 Å². The van der Waals surface area contributed by atoms with Crippen LogP contribution >= 0.6 is 0 Å². The number of nitrogens with two attached hydrogens (primary N) is 1. The predicted octanol–water partition coefficient (Wildman–Crippen LogP) is 3.54. The lowest BCUT2D eigenvalue weighted by molar-refractivity contribution is 0.271. The number of nitrogens with zero attached hydrogens (tertiary/aromatic N) is 2. The Morgan fingerprint density at radius 1 is 1.19 bits per heavy atom. The summed E-state index contributed by atoms with van der Waals surface area (Å²) in [6.07, 6.45) is 2.62. The lowest BCUT2D eigenvalue weighted by atomic mass is 9.85. The molecule has 0 amide bonds. The van der Waals surface area contributed by atoms with Gasteiger partial charge in [0.25, 0.3) is 0 Å². The molecule has 0 spiro atoms. The highest BCUT2D eigenvalue weighted by Gasteiger charge is 2.20. The van der Waals surface area contributed by atoms with Crippen LogP contribution in [0.1, 0.15) is 39.0 Å². The zero-order valence-corrected chi connectivity index (χ0v) is 16.9. The molecule has 0 radical (unpaired) electrons. The first-order valence-electron chi connectivity index (χ1n) is 9.54. The molecular formula is C22H32N4O. The molecule has 1 aromatic heterocycles. The molecule has 0 saturated heterocycles. The second-order valence-corrected chi connectivity index (χ2v) is 7.81. The van der Waals surface area contributed by atoms with Crippen LogP contribution in [-0.4, -0.2) is 30.6 Å². The molecule has 3 N–H and O–H groups in total. The monoisotopic (exact) mass is 368 g/mol. The van der Waals surface area contributed by atoms with Crippen molar-refractivity contribution in [2.45, 2.75) is 39.5 Å². The number of rotatable bonds is 9. The average Bonchev–Trinajstić information content (AvgIpc) is 2.66. The summed E-state index contributed by atoms with van der Waals surface area (Å²) in [5.41, 5.74) is 8.16. The Hall–Kier alpha value is -2.56. The van der Waals surface area contributed by atoms with Gasteiger partial charge in [-0.25, -0.2) is 0 Å². The van der Waals surface area contributed by atoms with E-state index in [9.17, 15) is 0 Å². The topological polar surface area (TPSA) is 72.5 Å². The molecule has 5 heteroatoms. The molecule has 5 nitrogen and oxygen atoms in total. The Morgan fingerprint density at radius 3 is 2.56 bits per heavy atom. The Labute approximate surface area is 163 Å². The number of aromatic nitrogens is 1. The Balaban J connectivity index is 1.84. The van der Waals surface area contributed by atoms with E-state index < -0.39 is 0 Å². The van der Waals surface area contributed by atoms with Gasteiger partial charge in [-0.1, -0.05) is 45.9 Å². The fourth-order valence-electron chi connectivity index (χ4n) is 2.56. The molecule has 27 heavy (non-hydrogen) atoms. The quantitative estimate of drug-likeness (QED) is 0.524. The minimum absolute atomic E-state index is 0.107. The fourth-order valence-corrected chi connectivity index (χ4v) is 2.56. The summed E-state index contributed by atoms with van der Waals surface area (Å²) >= 11 is 0. The molecule has 1 heterocycles. The number of nitrogens with one attached hydrogen (secondary N) is 1. The summed E-state index contributed by atoms with van der Waals surface area (Å²) in [4.78, 5) is 8.82. The number of hydrogen-bond acceptors (Lipinski definition) is 3. The summed E-state index contributed by atoms with van der Waals surface area (Å²) < 4.78 is 5.75. The number of benzene rings is 1. The summed E-state index contributed by atoms with van der Waals surface area (Å²) in [6.45, 7) is 10.7. The van der Waals surface area contributed by atoms with Gasteiger partial charge < -0.3 is 15.8 Å². The highest BCUT2D eigenvalue weighted by Crippen LogP contribution is 2.25. The fraction of sp³-hybridized carbons (Fsp3) is 0.455. The van der Waals surface area contributed by atoms with Crippen LogP contribution in [0.15, 0.2) is 53.7 Å². The van der Waals surface area contributed by atoms with Crippen LogP contribution in [0.25, 0.3) is 0 Å². The van der Waals surface area contributed by atoms with Crippen LogP contribution in [0, 0.1) is 5.92 Å². The predicted molar refractivity (Wildman–Crippen MR) is 112 cm³/mol. The SMILES string of the molecule is CC(C)COc1ccc(C(C)(C)CN=C(N)NCCc2ccccn2)cc1. The molecule has 0 aliphatic carbocycles. The van der Waals surface area contributed by atoms with Crippen LogP contribution in [-0.2, 0) is 11.8 Å². The molecule has 0 bridgehead atoms. The maximum atomic E-state index is 6.01. The Morgan fingerprint density at radius 2 is 1.93 bits per heavy atom. The van der Waals surface area contributed by atoms with Gasteiger partial charge in [0.15, 0.2) is 5.96 Å². The van der Waals surface area contributed by atoms with Crippen molar-refractivity contribution in [3.8, 4) is 5.75 Å². The number of ether oxygens (including phenoxy) is 1. The first-order chi connectivity index (χ1) is 12.9. The van der Waals surface area contributed by atoms with Crippen LogP contribution in [0.3, 0.4) is 0 Å². The van der Waals surface area contributed by atoms with E-state index in [2.05, 4.69) is 55.1 Å². The minimum atomic E-state index is -0.107. The second-order valence-electron chi connectivity index (χ2n) is 7.81. The van der Waals surface area contributed by atoms with Crippen molar-refractivity contribution >= 4 is 5.96 Å². The van der Waals surface area contributed by atoms with Crippen LogP contribution in [0.2, 0.25) is 0 Å². The zero-order chi connectivity index (χ0) is 19.7. The molecule has 0 saturated carbocycles. The van der Waals surface area contributed by atoms with Gasteiger partial charge in [-0.3, -0.25) is 9.98 Å². The number of aliphatic imine (C=N–C) groups is 1. The molecule has 146 valence electrons. The van der Waals surface area contributed by atoms with E-state index in [0.29, 0.717) is 25.0 Å². The van der Waals surface area contributed by atoms with E-state index in [1.54, 1.807) is 6.20 Å². The largest absolute Gasteiger partial charge is 0.493 e. The number of hydrogen-bond donors (Lipinski definition) is 2. The van der Waals surface area contributed by atoms with E-state index in [1.165, 1.54) is 5.56 Å². The lowest BCUT2D eigenvalue weighted by Gasteiger charge is -2.23. The molecule has 2 rings (SSSR count). The van der Waals surface area contributed by atoms with Crippen molar-refractivity contribution < 1.29 is 4.74 Å². The third-order valence-corrected chi connectivity index (χ3v) is 4.28. The van der Waals surface area contributed by atoms with Gasteiger partial charge in [0.2, 0.25) is 0 Å². The maximum Gasteiger partial charge on any atom is 0.188 e. The van der Waals surface area contributed by atoms with Gasteiger partial charge in [0.1, 0.15) is 5.75 Å². The summed E-state index contributed by atoms with van der Waals surface area (Å²) in [5, 5.41) is 3.16. The highest BCUT2D eigenvalue weighted by molar-refractivity contribution is 5.77. The molecule has 1 aromatic carbocycles. The van der Waals surface area contributed by atoms with Crippen molar-refractivity contribution in [2.75, 3.05) is 19.7 Å². The summed E-state index contributed by atoms with van der Waals surface area (Å²) in [7, 11) is 0. The smallest absolute Gasteiger partial charge is 0.188 e. The van der Waals surface area contributed by atoms with Gasteiger partial charge in [-0.2, -0.15) is 0 Å². The molecule has 0 aliphatic rings. The minimum Gasteiger partial charge on any atom is -0.493 e. The van der Waals surface area contributed by atoms with Crippen molar-refractivity contribution in [3.05, 3.63) is 59.9 Å². The van der Waals surface area contributed by atoms with E-state index in [4.69, 9.17) is 10.5 Å². The van der Waals surface area contributed by atoms with Gasteiger partial charge in [0, 0.05) is 30.3 Å². The van der Waals surface area contributed by atoms with Crippen molar-refractivity contribution in [1.29, 1.82) is 0 Å². The Bertz CT molecular complexity index is 709. The summed E-state index contributed by atoms with van der Waals surface area (Å²) in [6, 6.07) is 14.2. The van der Waals surface area contributed by atoms with Gasteiger partial charge in [-0.15, -0.1) is 0 Å². The van der Waals surface area contributed by atoms with Crippen molar-refractivity contribution in [3.63, 3.8) is 0 Å². The van der Waals surface area contributed by atoms with Crippen LogP contribution in [0.4, 0.5) is 0 Å². The number of guanidine groups is 1. The van der Waals surface area contributed by atoms with Gasteiger partial charge in [0.05, 0.1) is 13.2 Å². The number of pyridine rings is 1. The van der Waals surface area contributed by atoms with E-state index in [-0.39, 0.29) is 5.41 Å². The maximum absolute atomic E-state index is 6.01. The standard InChI is InChI=1S/C22H32N4O/c1-17(2)15-27-20-10-8-18(9-11-20)22(3,4)16-26-21(23)25-14-12-19-7-5-6-13-24-19/h5-11,13,17H,12,14-16H2,1-4H3,(H3,23,25,26). The molecule has 0 unspecified atom stereocenters. The van der Waals surface area contributed by atoms with Crippen LogP contribution in [0.5, 0.6) is 5.75 Å². The molecule has 0 fully saturated rings. The lowest BCUT2D eigenvalue weighted by Crippen LogP contribution is -2.35. The molecular weight excluding hydrogens is 336 g/mol. The van der Waals surface area contributed by atoms with E-state index in [1.807, 2.05) is 30.3 Å². The van der Waals surface area contributed by atoms with E-state index in [0.717, 1.165) is 24.5 Å². The molecule has 0 aliphatic heterocycles.